The third kappa shape index (κ3) is 4.70. The van der Waals surface area contributed by atoms with E-state index < -0.39 is 0 Å². The standard InChI is InChI=1S/C19H20BrNO2/c1-13(2)15-6-4-5-7-17(15)21-19(22)11-9-14-8-10-18(23-3)16(20)12-14/h4-13H,1-3H3,(H,21,22). The van der Waals surface area contributed by atoms with Crippen LogP contribution < -0.4 is 10.1 Å². The van der Waals surface area contributed by atoms with Crippen molar-refractivity contribution in [2.45, 2.75) is 19.8 Å². The maximum Gasteiger partial charge on any atom is 0.248 e. The number of benzene rings is 2. The van der Waals surface area contributed by atoms with Gasteiger partial charge in [0.2, 0.25) is 5.91 Å². The summed E-state index contributed by atoms with van der Waals surface area (Å²) in [6.45, 7) is 4.21. The van der Waals surface area contributed by atoms with E-state index in [0.29, 0.717) is 5.92 Å². The number of halogens is 1. The molecule has 120 valence electrons. The average Bonchev–Trinajstić information content (AvgIpc) is 2.53. The molecule has 1 N–H and O–H groups in total. The first-order valence-corrected chi connectivity index (χ1v) is 8.22. The Bertz CT molecular complexity index is 723. The van der Waals surface area contributed by atoms with Crippen molar-refractivity contribution in [2.75, 3.05) is 12.4 Å². The number of hydrogen-bond donors (Lipinski definition) is 1. The summed E-state index contributed by atoms with van der Waals surface area (Å²) in [6.07, 6.45) is 3.31. The maximum atomic E-state index is 12.1. The molecule has 0 spiro atoms. The van der Waals surface area contributed by atoms with E-state index in [1.54, 1.807) is 13.2 Å². The Kier molecular flexibility index (Phi) is 5.99. The predicted octanol–water partition coefficient (Wildman–Crippen LogP) is 5.23. The number of rotatable bonds is 5. The van der Waals surface area contributed by atoms with Crippen LogP contribution in [0.4, 0.5) is 5.69 Å². The largest absolute Gasteiger partial charge is 0.496 e. The molecule has 0 fully saturated rings. The van der Waals surface area contributed by atoms with E-state index in [4.69, 9.17) is 4.74 Å². The fourth-order valence-electron chi connectivity index (χ4n) is 2.25. The highest BCUT2D eigenvalue weighted by atomic mass is 79.9. The van der Waals surface area contributed by atoms with Gasteiger partial charge < -0.3 is 10.1 Å². The molecule has 0 aliphatic rings. The summed E-state index contributed by atoms with van der Waals surface area (Å²) in [5.74, 6) is 0.968. The molecule has 0 radical (unpaired) electrons. The molecule has 1 amide bonds. The van der Waals surface area contributed by atoms with Crippen LogP contribution >= 0.6 is 15.9 Å². The number of ether oxygens (including phenoxy) is 1. The number of anilines is 1. The summed E-state index contributed by atoms with van der Waals surface area (Å²) < 4.78 is 6.04. The SMILES string of the molecule is COc1ccc(C=CC(=O)Nc2ccccc2C(C)C)cc1Br. The van der Waals surface area contributed by atoms with Gasteiger partial charge in [-0.25, -0.2) is 0 Å². The minimum Gasteiger partial charge on any atom is -0.496 e. The normalized spacial score (nSPS) is 11.0. The lowest BCUT2D eigenvalue weighted by Gasteiger charge is -2.12. The van der Waals surface area contributed by atoms with Crippen molar-refractivity contribution < 1.29 is 9.53 Å². The van der Waals surface area contributed by atoms with Gasteiger partial charge in [-0.05, 0) is 57.2 Å². The van der Waals surface area contributed by atoms with Crippen molar-refractivity contribution in [1.82, 2.24) is 0 Å². The first-order chi connectivity index (χ1) is 11.0. The van der Waals surface area contributed by atoms with Crippen LogP contribution in [0.15, 0.2) is 53.0 Å². The summed E-state index contributed by atoms with van der Waals surface area (Å²) in [5.41, 5.74) is 2.90. The van der Waals surface area contributed by atoms with Gasteiger partial charge >= 0.3 is 0 Å². The number of para-hydroxylation sites is 1. The first kappa shape index (κ1) is 17.3. The van der Waals surface area contributed by atoms with Crippen molar-refractivity contribution in [2.24, 2.45) is 0 Å². The van der Waals surface area contributed by atoms with Gasteiger partial charge in [0.15, 0.2) is 0 Å². The summed E-state index contributed by atoms with van der Waals surface area (Å²) in [6, 6.07) is 13.5. The number of amides is 1. The summed E-state index contributed by atoms with van der Waals surface area (Å²) in [4.78, 5) is 12.1. The Morgan fingerprint density at radius 3 is 2.61 bits per heavy atom. The quantitative estimate of drug-likeness (QED) is 0.728. The second kappa shape index (κ2) is 7.97. The summed E-state index contributed by atoms with van der Waals surface area (Å²) >= 11 is 3.43. The van der Waals surface area contributed by atoms with Crippen LogP contribution in [0.25, 0.3) is 6.08 Å². The molecule has 4 heteroatoms. The Morgan fingerprint density at radius 1 is 1.22 bits per heavy atom. The average molecular weight is 374 g/mol. The molecule has 0 aliphatic carbocycles. The van der Waals surface area contributed by atoms with Crippen molar-refractivity contribution in [1.29, 1.82) is 0 Å². The van der Waals surface area contributed by atoms with Gasteiger partial charge in [0.25, 0.3) is 0 Å². The highest BCUT2D eigenvalue weighted by Gasteiger charge is 2.07. The van der Waals surface area contributed by atoms with Crippen molar-refractivity contribution in [3.05, 3.63) is 64.1 Å². The molecule has 0 saturated carbocycles. The van der Waals surface area contributed by atoms with E-state index in [9.17, 15) is 4.79 Å². The molecule has 0 bridgehead atoms. The Balaban J connectivity index is 2.09. The fourth-order valence-corrected chi connectivity index (χ4v) is 2.81. The number of carbonyl (C=O) groups excluding carboxylic acids is 1. The lowest BCUT2D eigenvalue weighted by atomic mass is 10.0. The van der Waals surface area contributed by atoms with Crippen LogP contribution in [0.5, 0.6) is 5.75 Å². The Labute approximate surface area is 145 Å². The lowest BCUT2D eigenvalue weighted by Crippen LogP contribution is -2.10. The van der Waals surface area contributed by atoms with E-state index in [1.165, 1.54) is 6.08 Å². The molecule has 3 nitrogen and oxygen atoms in total. The molecule has 2 aromatic rings. The van der Waals surface area contributed by atoms with Crippen LogP contribution in [-0.4, -0.2) is 13.0 Å². The van der Waals surface area contributed by atoms with Crippen molar-refractivity contribution >= 4 is 33.6 Å². The molecule has 0 atom stereocenters. The first-order valence-electron chi connectivity index (χ1n) is 7.42. The smallest absolute Gasteiger partial charge is 0.248 e. The zero-order valence-corrected chi connectivity index (χ0v) is 15.1. The molecule has 2 aromatic carbocycles. The number of carbonyl (C=O) groups is 1. The molecule has 0 unspecified atom stereocenters. The van der Waals surface area contributed by atoms with Gasteiger partial charge in [0, 0.05) is 11.8 Å². The van der Waals surface area contributed by atoms with Crippen molar-refractivity contribution in [3.63, 3.8) is 0 Å². The zero-order valence-electron chi connectivity index (χ0n) is 13.5. The number of nitrogens with one attached hydrogen (secondary N) is 1. The molecule has 0 heterocycles. The summed E-state index contributed by atoms with van der Waals surface area (Å²) in [5, 5.41) is 2.94. The number of methoxy groups -OCH3 is 1. The second-order valence-electron chi connectivity index (χ2n) is 5.46. The topological polar surface area (TPSA) is 38.3 Å². The van der Waals surface area contributed by atoms with E-state index in [2.05, 4.69) is 35.1 Å². The Hall–Kier alpha value is -2.07. The monoisotopic (exact) mass is 373 g/mol. The van der Waals surface area contributed by atoms with Gasteiger partial charge in [-0.1, -0.05) is 38.1 Å². The van der Waals surface area contributed by atoms with Crippen LogP contribution in [0.1, 0.15) is 30.9 Å². The third-order valence-electron chi connectivity index (χ3n) is 3.44. The van der Waals surface area contributed by atoms with Gasteiger partial charge in [-0.2, -0.15) is 0 Å². The zero-order chi connectivity index (χ0) is 16.8. The highest BCUT2D eigenvalue weighted by molar-refractivity contribution is 9.10. The fraction of sp³-hybridized carbons (Fsp3) is 0.211. The molecule has 2 rings (SSSR count). The molecule has 23 heavy (non-hydrogen) atoms. The highest BCUT2D eigenvalue weighted by Crippen LogP contribution is 2.26. The Morgan fingerprint density at radius 2 is 1.96 bits per heavy atom. The third-order valence-corrected chi connectivity index (χ3v) is 4.06. The van der Waals surface area contributed by atoms with Crippen LogP contribution in [0.3, 0.4) is 0 Å². The van der Waals surface area contributed by atoms with Crippen molar-refractivity contribution in [3.8, 4) is 5.75 Å². The van der Waals surface area contributed by atoms with Gasteiger partial charge in [-0.15, -0.1) is 0 Å². The second-order valence-corrected chi connectivity index (χ2v) is 6.31. The molecular weight excluding hydrogens is 354 g/mol. The van der Waals surface area contributed by atoms with E-state index in [0.717, 1.165) is 27.0 Å². The minimum atomic E-state index is -0.148. The van der Waals surface area contributed by atoms with Gasteiger partial charge in [0.1, 0.15) is 5.75 Å². The molecule has 0 aromatic heterocycles. The van der Waals surface area contributed by atoms with Gasteiger partial charge in [0.05, 0.1) is 11.6 Å². The predicted molar refractivity (Wildman–Crippen MR) is 98.9 cm³/mol. The van der Waals surface area contributed by atoms with E-state index >= 15 is 0 Å². The van der Waals surface area contributed by atoms with E-state index in [1.807, 2.05) is 42.5 Å². The van der Waals surface area contributed by atoms with Crippen LogP contribution in [0.2, 0.25) is 0 Å². The number of hydrogen-bond acceptors (Lipinski definition) is 2. The van der Waals surface area contributed by atoms with Crippen LogP contribution in [0, 0.1) is 0 Å². The molecular formula is C19H20BrNO2. The lowest BCUT2D eigenvalue weighted by molar-refractivity contribution is -0.111. The molecule has 0 saturated heterocycles. The van der Waals surface area contributed by atoms with Crippen LogP contribution in [-0.2, 0) is 4.79 Å². The molecule has 0 aliphatic heterocycles. The maximum absolute atomic E-state index is 12.1. The summed E-state index contributed by atoms with van der Waals surface area (Å²) in [7, 11) is 1.62. The van der Waals surface area contributed by atoms with E-state index in [-0.39, 0.29) is 5.91 Å². The minimum absolute atomic E-state index is 0.148. The van der Waals surface area contributed by atoms with Gasteiger partial charge in [-0.3, -0.25) is 4.79 Å².